The van der Waals surface area contributed by atoms with Crippen molar-refractivity contribution in [1.82, 2.24) is 0 Å². The summed E-state index contributed by atoms with van der Waals surface area (Å²) in [6, 6.07) is 1.40. The van der Waals surface area contributed by atoms with E-state index in [0.29, 0.717) is 18.6 Å². The first kappa shape index (κ1) is 18.4. The van der Waals surface area contributed by atoms with Crippen LogP contribution in [0.25, 0.3) is 0 Å². The molecule has 0 unspecified atom stereocenters. The SMILES string of the molecule is CCCCCCC#Cc1cc(C(F)(F)F)cc(C(F)(F)F)c1. The van der Waals surface area contributed by atoms with Crippen molar-refractivity contribution in [2.24, 2.45) is 0 Å². The normalized spacial score (nSPS) is 12.0. The summed E-state index contributed by atoms with van der Waals surface area (Å²) in [5, 5.41) is 0. The third-order valence-electron chi connectivity index (χ3n) is 2.98. The topological polar surface area (TPSA) is 0 Å². The molecule has 122 valence electrons. The molecule has 0 atom stereocenters. The quantitative estimate of drug-likeness (QED) is 0.360. The minimum atomic E-state index is -4.83. The molecule has 0 aliphatic heterocycles. The minimum absolute atomic E-state index is 0.104. The van der Waals surface area contributed by atoms with Gasteiger partial charge in [0.05, 0.1) is 11.1 Å². The number of hydrogen-bond acceptors (Lipinski definition) is 0. The largest absolute Gasteiger partial charge is 0.416 e. The number of alkyl halides is 6. The molecule has 0 N–H and O–H groups in total. The van der Waals surface area contributed by atoms with Gasteiger partial charge in [-0.05, 0) is 24.6 Å². The highest BCUT2D eigenvalue weighted by atomic mass is 19.4. The van der Waals surface area contributed by atoms with Gasteiger partial charge in [0.2, 0.25) is 0 Å². The van der Waals surface area contributed by atoms with Gasteiger partial charge in [-0.1, -0.05) is 38.0 Å². The van der Waals surface area contributed by atoms with Crippen molar-refractivity contribution in [1.29, 1.82) is 0 Å². The highest BCUT2D eigenvalue weighted by molar-refractivity contribution is 5.42. The average Bonchev–Trinajstić information content (AvgIpc) is 2.40. The number of rotatable bonds is 4. The maximum atomic E-state index is 12.6. The molecule has 1 aromatic rings. The summed E-state index contributed by atoms with van der Waals surface area (Å²) in [4.78, 5) is 0. The predicted octanol–water partition coefficient (Wildman–Crippen LogP) is 6.05. The van der Waals surface area contributed by atoms with Crippen LogP contribution in [-0.2, 0) is 12.4 Å². The van der Waals surface area contributed by atoms with Gasteiger partial charge in [-0.3, -0.25) is 0 Å². The van der Waals surface area contributed by atoms with Crippen molar-refractivity contribution in [2.75, 3.05) is 0 Å². The first-order chi connectivity index (χ1) is 10.1. The first-order valence-corrected chi connectivity index (χ1v) is 6.93. The van der Waals surface area contributed by atoms with E-state index in [9.17, 15) is 26.3 Å². The fourth-order valence-corrected chi connectivity index (χ4v) is 1.83. The Kier molecular flexibility index (Phi) is 6.34. The zero-order valence-electron chi connectivity index (χ0n) is 12.0. The van der Waals surface area contributed by atoms with Crippen LogP contribution in [0.3, 0.4) is 0 Å². The van der Waals surface area contributed by atoms with Gasteiger partial charge in [-0.15, -0.1) is 0 Å². The molecule has 0 saturated carbocycles. The van der Waals surface area contributed by atoms with Gasteiger partial charge in [0.25, 0.3) is 0 Å². The fourth-order valence-electron chi connectivity index (χ4n) is 1.83. The lowest BCUT2D eigenvalue weighted by molar-refractivity contribution is -0.143. The van der Waals surface area contributed by atoms with E-state index >= 15 is 0 Å². The summed E-state index contributed by atoms with van der Waals surface area (Å²) in [6.07, 6.45) is -5.41. The van der Waals surface area contributed by atoms with Gasteiger partial charge in [0.15, 0.2) is 0 Å². The average molecular weight is 322 g/mol. The van der Waals surface area contributed by atoms with Crippen LogP contribution >= 0.6 is 0 Å². The fraction of sp³-hybridized carbons (Fsp3) is 0.500. The van der Waals surface area contributed by atoms with E-state index in [-0.39, 0.29) is 11.6 Å². The standard InChI is InChI=1S/C16H16F6/c1-2-3-4-5-6-7-8-12-9-13(15(17,18)19)11-14(10-12)16(20,21)22/h9-11H,2-6H2,1H3. The zero-order valence-corrected chi connectivity index (χ0v) is 12.0. The molecule has 0 radical (unpaired) electrons. The van der Waals surface area contributed by atoms with Crippen LogP contribution in [0.4, 0.5) is 26.3 Å². The second-order valence-electron chi connectivity index (χ2n) is 4.91. The maximum Gasteiger partial charge on any atom is 0.416 e. The summed E-state index contributed by atoms with van der Waals surface area (Å²) < 4.78 is 75.9. The van der Waals surface area contributed by atoms with Crippen LogP contribution in [0.2, 0.25) is 0 Å². The second-order valence-corrected chi connectivity index (χ2v) is 4.91. The molecule has 0 nitrogen and oxygen atoms in total. The molecular weight excluding hydrogens is 306 g/mol. The van der Waals surface area contributed by atoms with E-state index in [1.165, 1.54) is 0 Å². The first-order valence-electron chi connectivity index (χ1n) is 6.93. The molecule has 0 amide bonds. The van der Waals surface area contributed by atoms with E-state index in [1.54, 1.807) is 0 Å². The van der Waals surface area contributed by atoms with Crippen molar-refractivity contribution < 1.29 is 26.3 Å². The Morgan fingerprint density at radius 1 is 0.818 bits per heavy atom. The molecule has 1 rings (SSSR count). The van der Waals surface area contributed by atoms with Crippen molar-refractivity contribution in [3.8, 4) is 11.8 Å². The van der Waals surface area contributed by atoms with E-state index in [4.69, 9.17) is 0 Å². The Balaban J connectivity index is 2.97. The molecule has 0 heterocycles. The molecule has 1 aromatic carbocycles. The molecule has 0 aliphatic rings. The van der Waals surface area contributed by atoms with E-state index < -0.39 is 23.5 Å². The Morgan fingerprint density at radius 3 is 1.82 bits per heavy atom. The van der Waals surface area contributed by atoms with Crippen molar-refractivity contribution in [3.63, 3.8) is 0 Å². The van der Waals surface area contributed by atoms with Crippen LogP contribution in [0.5, 0.6) is 0 Å². The van der Waals surface area contributed by atoms with Crippen molar-refractivity contribution in [2.45, 2.75) is 51.4 Å². The molecule has 0 fully saturated rings. The van der Waals surface area contributed by atoms with Crippen LogP contribution < -0.4 is 0 Å². The minimum Gasteiger partial charge on any atom is -0.166 e. The predicted molar refractivity (Wildman–Crippen MR) is 72.1 cm³/mol. The Hall–Kier alpha value is -1.64. The van der Waals surface area contributed by atoms with Gasteiger partial charge >= 0.3 is 12.4 Å². The molecule has 0 aliphatic carbocycles. The lowest BCUT2D eigenvalue weighted by Crippen LogP contribution is -2.11. The van der Waals surface area contributed by atoms with Gasteiger partial charge in [0.1, 0.15) is 0 Å². The molecule has 0 bridgehead atoms. The molecular formula is C16H16F6. The van der Waals surface area contributed by atoms with Gasteiger partial charge < -0.3 is 0 Å². The van der Waals surface area contributed by atoms with Gasteiger partial charge in [-0.2, -0.15) is 26.3 Å². The number of unbranched alkanes of at least 4 members (excludes halogenated alkanes) is 4. The van der Waals surface area contributed by atoms with E-state index in [0.717, 1.165) is 25.7 Å². The lowest BCUT2D eigenvalue weighted by atomic mass is 10.0. The summed E-state index contributed by atoms with van der Waals surface area (Å²) in [6.45, 7) is 2.03. The Bertz CT molecular complexity index is 510. The summed E-state index contributed by atoms with van der Waals surface area (Å²) in [5.74, 6) is 5.03. The highest BCUT2D eigenvalue weighted by Crippen LogP contribution is 2.36. The second kappa shape index (κ2) is 7.57. The smallest absolute Gasteiger partial charge is 0.166 e. The Labute approximate surface area is 125 Å². The highest BCUT2D eigenvalue weighted by Gasteiger charge is 2.36. The molecule has 22 heavy (non-hydrogen) atoms. The molecule has 0 aromatic heterocycles. The zero-order chi connectivity index (χ0) is 16.8. The van der Waals surface area contributed by atoms with Crippen LogP contribution in [-0.4, -0.2) is 0 Å². The monoisotopic (exact) mass is 322 g/mol. The number of halogens is 6. The molecule has 6 heteroatoms. The van der Waals surface area contributed by atoms with Gasteiger partial charge in [0, 0.05) is 12.0 Å². The third-order valence-corrected chi connectivity index (χ3v) is 2.98. The number of hydrogen-bond donors (Lipinski definition) is 0. The summed E-state index contributed by atoms with van der Waals surface area (Å²) >= 11 is 0. The lowest BCUT2D eigenvalue weighted by Gasteiger charge is -2.12. The van der Waals surface area contributed by atoms with Crippen LogP contribution in [0.1, 0.15) is 55.7 Å². The molecule has 0 spiro atoms. The summed E-state index contributed by atoms with van der Waals surface area (Å²) in [7, 11) is 0. The van der Waals surface area contributed by atoms with Crippen molar-refractivity contribution in [3.05, 3.63) is 34.9 Å². The number of benzene rings is 1. The van der Waals surface area contributed by atoms with E-state index in [1.807, 2.05) is 6.92 Å². The molecule has 0 saturated heterocycles. The third kappa shape index (κ3) is 6.00. The summed E-state index contributed by atoms with van der Waals surface area (Å²) in [5.41, 5.74) is -2.94. The van der Waals surface area contributed by atoms with E-state index in [2.05, 4.69) is 11.8 Å². The maximum absolute atomic E-state index is 12.6. The van der Waals surface area contributed by atoms with Crippen molar-refractivity contribution >= 4 is 0 Å². The van der Waals surface area contributed by atoms with Crippen LogP contribution in [0, 0.1) is 11.8 Å². The van der Waals surface area contributed by atoms with Gasteiger partial charge in [-0.25, -0.2) is 0 Å². The van der Waals surface area contributed by atoms with Crippen LogP contribution in [0.15, 0.2) is 18.2 Å². The Morgan fingerprint density at radius 2 is 1.36 bits per heavy atom.